The Hall–Kier alpha value is -2.52. The van der Waals surface area contributed by atoms with Gasteiger partial charge in [0.25, 0.3) is 5.91 Å². The quantitative estimate of drug-likeness (QED) is 0.396. The molecule has 3 aliphatic heterocycles. The van der Waals surface area contributed by atoms with Gasteiger partial charge in [0.2, 0.25) is 5.60 Å². The van der Waals surface area contributed by atoms with Crippen LogP contribution in [0, 0.1) is 5.92 Å². The largest absolute Gasteiger partial charge is 0.453 e. The standard InChI is InChI=1S/C25H26N2O4S2/c28-23(26-19-6-2-1-3-7-19)17-27-12-10-18(11-13-27)20(16-27)31-24(29)25(30,21-8-4-14-32-21)22-9-5-15-33-22/h1-9,14-15,18,20,30H,10-13,16-17H2/p+1. The van der Waals surface area contributed by atoms with Crippen molar-refractivity contribution in [3.63, 3.8) is 0 Å². The molecule has 2 N–H and O–H groups in total. The summed E-state index contributed by atoms with van der Waals surface area (Å²) < 4.78 is 6.65. The molecule has 0 saturated carbocycles. The summed E-state index contributed by atoms with van der Waals surface area (Å²) in [7, 11) is 0. The Morgan fingerprint density at radius 1 is 1.00 bits per heavy atom. The maximum absolute atomic E-state index is 13.4. The van der Waals surface area contributed by atoms with Gasteiger partial charge in [-0.2, -0.15) is 0 Å². The SMILES string of the molecule is O=C(C[N+]12CCC(CC1)C(OC(=O)C(O)(c1cccs1)c1cccs1)C2)Nc1ccccc1. The molecule has 8 heteroatoms. The molecular formula is C25H27N2O4S2+. The highest BCUT2D eigenvalue weighted by Crippen LogP contribution is 2.40. The number of ether oxygens (including phenoxy) is 1. The van der Waals surface area contributed by atoms with Gasteiger partial charge in [-0.1, -0.05) is 30.3 Å². The Labute approximate surface area is 201 Å². The lowest BCUT2D eigenvalue weighted by molar-refractivity contribution is -0.939. The van der Waals surface area contributed by atoms with Crippen LogP contribution in [0.15, 0.2) is 65.4 Å². The average Bonchev–Trinajstić information content (AvgIpc) is 3.54. The molecule has 1 amide bonds. The first-order valence-electron chi connectivity index (χ1n) is 11.2. The number of anilines is 1. The minimum Gasteiger partial charge on any atom is -0.453 e. The van der Waals surface area contributed by atoms with E-state index in [0.29, 0.717) is 27.3 Å². The first kappa shape index (κ1) is 22.3. The number of esters is 1. The van der Waals surface area contributed by atoms with Gasteiger partial charge in [-0.05, 0) is 35.0 Å². The number of quaternary nitrogens is 1. The molecule has 1 atom stereocenters. The van der Waals surface area contributed by atoms with E-state index in [2.05, 4.69) is 5.32 Å². The van der Waals surface area contributed by atoms with Gasteiger partial charge >= 0.3 is 5.97 Å². The normalized spacial score (nSPS) is 24.4. The number of rotatable bonds is 7. The number of nitrogens with one attached hydrogen (secondary N) is 1. The first-order valence-corrected chi connectivity index (χ1v) is 13.0. The maximum Gasteiger partial charge on any atom is 0.349 e. The van der Waals surface area contributed by atoms with Crippen molar-refractivity contribution >= 4 is 40.2 Å². The van der Waals surface area contributed by atoms with Gasteiger partial charge in [0, 0.05) is 24.4 Å². The number of piperidine rings is 3. The van der Waals surface area contributed by atoms with Gasteiger partial charge in [-0.15, -0.1) is 22.7 Å². The molecule has 6 nitrogen and oxygen atoms in total. The summed E-state index contributed by atoms with van der Waals surface area (Å²) in [4.78, 5) is 27.3. The highest BCUT2D eigenvalue weighted by Gasteiger charge is 2.51. The van der Waals surface area contributed by atoms with Gasteiger partial charge in [-0.25, -0.2) is 4.79 Å². The van der Waals surface area contributed by atoms with Gasteiger partial charge in [-0.3, -0.25) is 4.79 Å². The second kappa shape index (κ2) is 9.02. The van der Waals surface area contributed by atoms with E-state index >= 15 is 0 Å². The third-order valence-corrected chi connectivity index (χ3v) is 8.84. The fourth-order valence-electron chi connectivity index (χ4n) is 5.12. The number of benzene rings is 1. The smallest absolute Gasteiger partial charge is 0.349 e. The zero-order valence-electron chi connectivity index (χ0n) is 18.2. The molecule has 172 valence electrons. The van der Waals surface area contributed by atoms with Gasteiger partial charge in [0.1, 0.15) is 6.54 Å². The molecule has 1 unspecified atom stereocenters. The van der Waals surface area contributed by atoms with Crippen LogP contribution in [-0.2, 0) is 19.9 Å². The molecule has 0 radical (unpaired) electrons. The maximum atomic E-state index is 13.4. The summed E-state index contributed by atoms with van der Waals surface area (Å²) in [5.74, 6) is -0.389. The average molecular weight is 484 g/mol. The van der Waals surface area contributed by atoms with E-state index in [9.17, 15) is 14.7 Å². The van der Waals surface area contributed by atoms with E-state index in [-0.39, 0.29) is 17.9 Å². The summed E-state index contributed by atoms with van der Waals surface area (Å²) in [5, 5.41) is 18.2. The fraction of sp³-hybridized carbons (Fsp3) is 0.360. The Balaban J connectivity index is 1.31. The van der Waals surface area contributed by atoms with Crippen LogP contribution in [-0.4, -0.2) is 53.7 Å². The van der Waals surface area contributed by atoms with Crippen LogP contribution in [0.3, 0.4) is 0 Å². The number of aliphatic hydroxyl groups is 1. The highest BCUT2D eigenvalue weighted by atomic mass is 32.1. The molecule has 3 aromatic rings. The lowest BCUT2D eigenvalue weighted by Gasteiger charge is -2.51. The summed E-state index contributed by atoms with van der Waals surface area (Å²) in [5.41, 5.74) is -1.02. The molecule has 3 aliphatic rings. The molecule has 0 aliphatic carbocycles. The van der Waals surface area contributed by atoms with Crippen molar-refractivity contribution in [1.29, 1.82) is 0 Å². The molecule has 33 heavy (non-hydrogen) atoms. The number of hydrogen-bond donors (Lipinski definition) is 2. The van der Waals surface area contributed by atoms with Crippen LogP contribution < -0.4 is 5.32 Å². The third kappa shape index (κ3) is 4.36. The van der Waals surface area contributed by atoms with Crippen LogP contribution in [0.4, 0.5) is 5.69 Å². The second-order valence-electron chi connectivity index (χ2n) is 8.99. The Morgan fingerprint density at radius 3 is 2.21 bits per heavy atom. The number of hydrogen-bond acceptors (Lipinski definition) is 6. The molecule has 5 heterocycles. The number of carbonyl (C=O) groups excluding carboxylic acids is 2. The summed E-state index contributed by atoms with van der Waals surface area (Å²) in [6.45, 7) is 2.77. The third-order valence-electron chi connectivity index (χ3n) is 6.89. The van der Waals surface area contributed by atoms with E-state index in [1.165, 1.54) is 22.7 Å². The van der Waals surface area contributed by atoms with E-state index in [0.717, 1.165) is 31.6 Å². The predicted octanol–water partition coefficient (Wildman–Crippen LogP) is 3.84. The highest BCUT2D eigenvalue weighted by molar-refractivity contribution is 7.12. The molecule has 0 spiro atoms. The Kier molecular flexibility index (Phi) is 6.09. The Morgan fingerprint density at radius 2 is 1.64 bits per heavy atom. The minimum atomic E-state index is -1.80. The fourth-order valence-corrected chi connectivity index (χ4v) is 6.83. The molecule has 3 fully saturated rings. The van der Waals surface area contributed by atoms with Crippen LogP contribution in [0.25, 0.3) is 0 Å². The molecule has 1 aromatic carbocycles. The van der Waals surface area contributed by atoms with Crippen LogP contribution in [0.1, 0.15) is 22.6 Å². The number of fused-ring (bicyclic) bond motifs is 3. The van der Waals surface area contributed by atoms with Crippen LogP contribution >= 0.6 is 22.7 Å². The van der Waals surface area contributed by atoms with Crippen LogP contribution in [0.5, 0.6) is 0 Å². The van der Waals surface area contributed by atoms with E-state index in [1.54, 1.807) is 12.1 Å². The van der Waals surface area contributed by atoms with Gasteiger partial charge in [0.15, 0.2) is 12.6 Å². The van der Waals surface area contributed by atoms with Crippen molar-refractivity contribution in [3.8, 4) is 0 Å². The molecule has 3 saturated heterocycles. The van der Waals surface area contributed by atoms with Gasteiger partial charge < -0.3 is 19.6 Å². The first-order chi connectivity index (χ1) is 16.0. The number of amides is 1. The van der Waals surface area contributed by atoms with E-state index in [1.807, 2.05) is 53.2 Å². The molecule has 2 bridgehead atoms. The number of thiophene rings is 2. The van der Waals surface area contributed by atoms with Gasteiger partial charge in [0.05, 0.1) is 22.8 Å². The van der Waals surface area contributed by atoms with Crippen molar-refractivity contribution < 1.29 is 23.9 Å². The monoisotopic (exact) mass is 483 g/mol. The second-order valence-corrected chi connectivity index (χ2v) is 10.9. The summed E-state index contributed by atoms with van der Waals surface area (Å²) in [6.07, 6.45) is 1.51. The molecule has 6 rings (SSSR count). The van der Waals surface area contributed by atoms with Crippen molar-refractivity contribution in [1.82, 2.24) is 0 Å². The zero-order chi connectivity index (χ0) is 22.9. The summed E-state index contributed by atoms with van der Waals surface area (Å²) >= 11 is 2.68. The summed E-state index contributed by atoms with van der Waals surface area (Å²) in [6, 6.07) is 16.6. The number of nitrogens with zero attached hydrogens (tertiary/aromatic N) is 1. The van der Waals surface area contributed by atoms with E-state index < -0.39 is 11.6 Å². The van der Waals surface area contributed by atoms with E-state index in [4.69, 9.17) is 4.74 Å². The lowest BCUT2D eigenvalue weighted by atomic mass is 9.83. The lowest BCUT2D eigenvalue weighted by Crippen LogP contribution is -2.66. The number of para-hydroxylation sites is 1. The zero-order valence-corrected chi connectivity index (χ0v) is 19.8. The van der Waals surface area contributed by atoms with Crippen molar-refractivity contribution in [2.24, 2.45) is 5.92 Å². The predicted molar refractivity (Wildman–Crippen MR) is 129 cm³/mol. The number of carbonyl (C=O) groups is 2. The van der Waals surface area contributed by atoms with Crippen LogP contribution in [0.2, 0.25) is 0 Å². The molecule has 2 aromatic heterocycles. The topological polar surface area (TPSA) is 75.6 Å². The van der Waals surface area contributed by atoms with Crippen molar-refractivity contribution in [3.05, 3.63) is 75.1 Å². The molecular weight excluding hydrogens is 456 g/mol. The Bertz CT molecular complexity index is 1060. The minimum absolute atomic E-state index is 0.0275. The van der Waals surface area contributed by atoms with Crippen molar-refractivity contribution in [2.75, 3.05) is 31.5 Å². The van der Waals surface area contributed by atoms with Crippen molar-refractivity contribution in [2.45, 2.75) is 24.5 Å².